The van der Waals surface area contributed by atoms with Gasteiger partial charge in [-0.1, -0.05) is 25.4 Å². The fourth-order valence-electron chi connectivity index (χ4n) is 1.04. The first kappa shape index (κ1) is 9.02. The molecule has 0 aromatic carbocycles. The second-order valence-corrected chi connectivity index (χ2v) is 3.19. The van der Waals surface area contributed by atoms with Gasteiger partial charge in [0.25, 0.3) is 0 Å². The molecule has 0 spiro atoms. The molecule has 0 amide bonds. The highest BCUT2D eigenvalue weighted by atomic mass is 35.5. The Balaban J connectivity index is 3.30. The minimum Gasteiger partial charge on any atom is -0.243 e. The predicted octanol–water partition coefficient (Wildman–Crippen LogP) is 2.73. The van der Waals surface area contributed by atoms with Gasteiger partial charge in [-0.25, -0.2) is 4.98 Å². The molecule has 2 nitrogen and oxygen atoms in total. The van der Waals surface area contributed by atoms with Crippen LogP contribution in [0.3, 0.4) is 0 Å². The van der Waals surface area contributed by atoms with Crippen LogP contribution in [-0.4, -0.2) is 4.98 Å². The van der Waals surface area contributed by atoms with E-state index < -0.39 is 0 Å². The van der Waals surface area contributed by atoms with Crippen LogP contribution < -0.4 is 0 Å². The molecule has 0 saturated heterocycles. The molecule has 0 aliphatic rings. The fourth-order valence-corrected chi connectivity index (χ4v) is 1.25. The summed E-state index contributed by atoms with van der Waals surface area (Å²) in [5.41, 5.74) is 1.45. The topological polar surface area (TPSA) is 36.7 Å². The quantitative estimate of drug-likeness (QED) is 0.624. The molecular formula is C9H9ClN2. The third-order valence-electron chi connectivity index (χ3n) is 1.67. The molecule has 1 aromatic heterocycles. The van der Waals surface area contributed by atoms with Gasteiger partial charge in [0, 0.05) is 6.20 Å². The van der Waals surface area contributed by atoms with Crippen LogP contribution >= 0.6 is 11.6 Å². The van der Waals surface area contributed by atoms with Crippen LogP contribution in [0.5, 0.6) is 0 Å². The number of nitriles is 1. The number of pyridine rings is 1. The van der Waals surface area contributed by atoms with Gasteiger partial charge in [-0.3, -0.25) is 0 Å². The van der Waals surface area contributed by atoms with E-state index in [2.05, 4.69) is 11.1 Å². The van der Waals surface area contributed by atoms with Crippen LogP contribution in [-0.2, 0) is 0 Å². The normalized spacial score (nSPS) is 9.92. The van der Waals surface area contributed by atoms with Gasteiger partial charge in [0.15, 0.2) is 0 Å². The Morgan fingerprint density at radius 3 is 2.67 bits per heavy atom. The molecule has 0 aliphatic heterocycles. The van der Waals surface area contributed by atoms with Crippen LogP contribution in [0.2, 0.25) is 5.15 Å². The summed E-state index contributed by atoms with van der Waals surface area (Å²) < 4.78 is 0. The summed E-state index contributed by atoms with van der Waals surface area (Å²) in [4.78, 5) is 3.84. The number of hydrogen-bond donors (Lipinski definition) is 0. The lowest BCUT2D eigenvalue weighted by molar-refractivity contribution is 0.858. The van der Waals surface area contributed by atoms with Crippen molar-refractivity contribution in [2.45, 2.75) is 19.8 Å². The largest absolute Gasteiger partial charge is 0.243 e. The Hall–Kier alpha value is -1.07. The molecule has 0 aliphatic carbocycles. The Morgan fingerprint density at radius 2 is 2.25 bits per heavy atom. The predicted molar refractivity (Wildman–Crippen MR) is 48.1 cm³/mol. The summed E-state index contributed by atoms with van der Waals surface area (Å²) in [5.74, 6) is 0.306. The van der Waals surface area contributed by atoms with E-state index in [1.807, 2.05) is 19.9 Å². The first-order chi connectivity index (χ1) is 5.66. The second-order valence-electron chi connectivity index (χ2n) is 2.83. The van der Waals surface area contributed by atoms with Crippen LogP contribution in [0.1, 0.15) is 30.9 Å². The van der Waals surface area contributed by atoms with Gasteiger partial charge < -0.3 is 0 Å². The van der Waals surface area contributed by atoms with Crippen molar-refractivity contribution in [2.24, 2.45) is 0 Å². The molecule has 0 saturated carbocycles. The molecule has 0 bridgehead atoms. The van der Waals surface area contributed by atoms with Crippen LogP contribution in [0, 0.1) is 11.3 Å². The minimum atomic E-state index is 0.295. The van der Waals surface area contributed by atoms with Crippen molar-refractivity contribution in [3.05, 3.63) is 28.5 Å². The lowest BCUT2D eigenvalue weighted by Gasteiger charge is -2.06. The van der Waals surface area contributed by atoms with Crippen molar-refractivity contribution < 1.29 is 0 Å². The average Bonchev–Trinajstić information content (AvgIpc) is 2.03. The summed E-state index contributed by atoms with van der Waals surface area (Å²) in [6.45, 7) is 4.04. The number of hydrogen-bond acceptors (Lipinski definition) is 2. The summed E-state index contributed by atoms with van der Waals surface area (Å²) >= 11 is 5.74. The molecular weight excluding hydrogens is 172 g/mol. The Labute approximate surface area is 76.8 Å². The molecule has 12 heavy (non-hydrogen) atoms. The molecule has 0 atom stereocenters. The van der Waals surface area contributed by atoms with Crippen molar-refractivity contribution in [1.82, 2.24) is 4.98 Å². The van der Waals surface area contributed by atoms with Gasteiger partial charge in [0.2, 0.25) is 0 Å². The Kier molecular flexibility index (Phi) is 2.67. The van der Waals surface area contributed by atoms with Gasteiger partial charge >= 0.3 is 0 Å². The minimum absolute atomic E-state index is 0.295. The summed E-state index contributed by atoms with van der Waals surface area (Å²) in [6, 6.07) is 3.88. The summed E-state index contributed by atoms with van der Waals surface area (Å²) in [6.07, 6.45) is 1.62. The van der Waals surface area contributed by atoms with E-state index in [-0.39, 0.29) is 0 Å². The smallest absolute Gasteiger partial charge is 0.147 e. The fraction of sp³-hybridized carbons (Fsp3) is 0.333. The van der Waals surface area contributed by atoms with E-state index in [1.54, 1.807) is 6.20 Å². The third kappa shape index (κ3) is 1.57. The molecule has 3 heteroatoms. The lowest BCUT2D eigenvalue weighted by atomic mass is 10.0. The molecule has 1 aromatic rings. The van der Waals surface area contributed by atoms with Crippen molar-refractivity contribution in [3.63, 3.8) is 0 Å². The monoisotopic (exact) mass is 180 g/mol. The van der Waals surface area contributed by atoms with Crippen LogP contribution in [0.15, 0.2) is 12.3 Å². The van der Waals surface area contributed by atoms with Gasteiger partial charge in [0.1, 0.15) is 11.2 Å². The van der Waals surface area contributed by atoms with Gasteiger partial charge in [-0.15, -0.1) is 0 Å². The standard InChI is InChI=1S/C9H9ClN2/c1-6(2)7-3-4-12-9(10)8(7)5-11/h3-4,6H,1-2H3. The van der Waals surface area contributed by atoms with E-state index in [0.29, 0.717) is 16.6 Å². The number of nitrogens with zero attached hydrogens (tertiary/aromatic N) is 2. The van der Waals surface area contributed by atoms with Crippen LogP contribution in [0.4, 0.5) is 0 Å². The molecule has 0 fully saturated rings. The van der Waals surface area contributed by atoms with Crippen LogP contribution in [0.25, 0.3) is 0 Å². The van der Waals surface area contributed by atoms with Gasteiger partial charge in [-0.05, 0) is 17.5 Å². The maximum Gasteiger partial charge on any atom is 0.147 e. The van der Waals surface area contributed by atoms with E-state index in [1.165, 1.54) is 0 Å². The van der Waals surface area contributed by atoms with Crippen molar-refractivity contribution >= 4 is 11.6 Å². The molecule has 62 valence electrons. The molecule has 0 unspecified atom stereocenters. The maximum absolute atomic E-state index is 8.77. The number of halogens is 1. The zero-order chi connectivity index (χ0) is 9.14. The molecule has 1 rings (SSSR count). The maximum atomic E-state index is 8.77. The van der Waals surface area contributed by atoms with Crippen molar-refractivity contribution in [3.8, 4) is 6.07 Å². The number of rotatable bonds is 1. The highest BCUT2D eigenvalue weighted by Gasteiger charge is 2.09. The highest BCUT2D eigenvalue weighted by molar-refractivity contribution is 6.30. The Bertz CT molecular complexity index is 326. The van der Waals surface area contributed by atoms with E-state index >= 15 is 0 Å². The summed E-state index contributed by atoms with van der Waals surface area (Å²) in [5, 5.41) is 9.07. The first-order valence-corrected chi connectivity index (χ1v) is 4.09. The van der Waals surface area contributed by atoms with Gasteiger partial charge in [0.05, 0.1) is 5.56 Å². The van der Waals surface area contributed by atoms with E-state index in [0.717, 1.165) is 5.56 Å². The molecule has 0 radical (unpaired) electrons. The van der Waals surface area contributed by atoms with E-state index in [4.69, 9.17) is 16.9 Å². The molecule has 1 heterocycles. The zero-order valence-corrected chi connectivity index (χ0v) is 7.76. The zero-order valence-electron chi connectivity index (χ0n) is 7.00. The third-order valence-corrected chi connectivity index (χ3v) is 1.96. The average molecular weight is 181 g/mol. The van der Waals surface area contributed by atoms with Crippen molar-refractivity contribution in [2.75, 3.05) is 0 Å². The van der Waals surface area contributed by atoms with Crippen molar-refractivity contribution in [1.29, 1.82) is 5.26 Å². The SMILES string of the molecule is CC(C)c1ccnc(Cl)c1C#N. The Morgan fingerprint density at radius 1 is 1.58 bits per heavy atom. The first-order valence-electron chi connectivity index (χ1n) is 3.71. The second kappa shape index (κ2) is 3.55. The molecule has 0 N–H and O–H groups in total. The van der Waals surface area contributed by atoms with Gasteiger partial charge in [-0.2, -0.15) is 5.26 Å². The number of aromatic nitrogens is 1. The lowest BCUT2D eigenvalue weighted by Crippen LogP contribution is -1.94. The highest BCUT2D eigenvalue weighted by Crippen LogP contribution is 2.22. The summed E-state index contributed by atoms with van der Waals surface area (Å²) in [7, 11) is 0. The van der Waals surface area contributed by atoms with E-state index in [9.17, 15) is 0 Å².